The summed E-state index contributed by atoms with van der Waals surface area (Å²) in [6.07, 6.45) is 7.04. The summed E-state index contributed by atoms with van der Waals surface area (Å²) >= 11 is 0. The number of methoxy groups -OCH3 is 1. The van der Waals surface area contributed by atoms with Crippen LogP contribution < -0.4 is 9.64 Å². The van der Waals surface area contributed by atoms with E-state index in [1.165, 1.54) is 12.1 Å². The molecule has 1 aliphatic rings. The van der Waals surface area contributed by atoms with Gasteiger partial charge in [-0.15, -0.1) is 0 Å². The number of amides is 1. The smallest absolute Gasteiger partial charge is 0.246 e. The molecule has 0 saturated carbocycles. The van der Waals surface area contributed by atoms with Gasteiger partial charge in [-0.05, 0) is 53.6 Å². The number of piperazine rings is 1. The minimum Gasteiger partial charge on any atom is -0.497 e. The van der Waals surface area contributed by atoms with E-state index in [-0.39, 0.29) is 11.7 Å². The third kappa shape index (κ3) is 5.03. The maximum Gasteiger partial charge on any atom is 0.246 e. The fourth-order valence-electron chi connectivity index (χ4n) is 5.08. The first-order chi connectivity index (χ1) is 19.6. The second-order valence-corrected chi connectivity index (χ2v) is 9.57. The number of anilines is 1. The Balaban J connectivity index is 1.28. The summed E-state index contributed by atoms with van der Waals surface area (Å²) in [5.41, 5.74) is 4.51. The van der Waals surface area contributed by atoms with Gasteiger partial charge in [-0.2, -0.15) is 0 Å². The van der Waals surface area contributed by atoms with Crippen molar-refractivity contribution in [3.05, 3.63) is 109 Å². The molecule has 8 heteroatoms. The molecule has 0 bridgehead atoms. The molecular formula is C32H28FN5O2. The van der Waals surface area contributed by atoms with Crippen molar-refractivity contribution in [3.63, 3.8) is 0 Å². The van der Waals surface area contributed by atoms with Gasteiger partial charge in [0, 0.05) is 49.7 Å². The lowest BCUT2D eigenvalue weighted by atomic mass is 10.1. The highest BCUT2D eigenvalue weighted by molar-refractivity contribution is 6.02. The first-order valence-electron chi connectivity index (χ1n) is 13.1. The molecule has 0 atom stereocenters. The fraction of sp³-hybridized carbons (Fsp3) is 0.156. The summed E-state index contributed by atoms with van der Waals surface area (Å²) in [4.78, 5) is 26.4. The van der Waals surface area contributed by atoms with Gasteiger partial charge in [-0.25, -0.2) is 14.4 Å². The average molecular weight is 534 g/mol. The van der Waals surface area contributed by atoms with Crippen molar-refractivity contribution in [1.29, 1.82) is 0 Å². The van der Waals surface area contributed by atoms with E-state index in [2.05, 4.69) is 22.0 Å². The number of halogens is 1. The summed E-state index contributed by atoms with van der Waals surface area (Å²) in [5, 5.41) is 0.927. The second-order valence-electron chi connectivity index (χ2n) is 9.57. The van der Waals surface area contributed by atoms with Gasteiger partial charge in [0.15, 0.2) is 5.65 Å². The summed E-state index contributed by atoms with van der Waals surface area (Å²) in [6, 6.07) is 24.1. The van der Waals surface area contributed by atoms with Gasteiger partial charge in [-0.3, -0.25) is 4.79 Å². The average Bonchev–Trinajstić information content (AvgIpc) is 3.41. The molecule has 1 fully saturated rings. The summed E-state index contributed by atoms with van der Waals surface area (Å²) < 4.78 is 20.9. The van der Waals surface area contributed by atoms with Crippen LogP contribution in [0.25, 0.3) is 33.9 Å². The molecule has 5 aromatic rings. The molecular weight excluding hydrogens is 505 g/mol. The standard InChI is InChI=1S/C32H28FN5O2/c1-40-27-9-5-6-23(20-27)10-15-29(39)36-16-18-37(19-17-36)31-30-28(24-7-3-2-4-8-24)21-38(32(30)35-22-34-31)26-13-11-25(33)12-14-26/h2-15,20-22H,16-19H2,1H3/b15-10+. The molecule has 200 valence electrons. The molecule has 6 rings (SSSR count). The topological polar surface area (TPSA) is 63.5 Å². The van der Waals surface area contributed by atoms with Crippen molar-refractivity contribution in [3.8, 4) is 22.6 Å². The maximum atomic E-state index is 13.7. The van der Waals surface area contributed by atoms with Crippen molar-refractivity contribution in [2.24, 2.45) is 0 Å². The number of aromatic nitrogens is 3. The molecule has 1 aliphatic heterocycles. The Bertz CT molecular complexity index is 1670. The third-order valence-electron chi connectivity index (χ3n) is 7.16. The number of hydrogen-bond acceptors (Lipinski definition) is 5. The van der Waals surface area contributed by atoms with Crippen LogP contribution in [-0.2, 0) is 4.79 Å². The van der Waals surface area contributed by atoms with Gasteiger partial charge in [-0.1, -0.05) is 42.5 Å². The number of carbonyl (C=O) groups is 1. The molecule has 3 aromatic carbocycles. The van der Waals surface area contributed by atoms with Crippen LogP contribution in [-0.4, -0.2) is 58.6 Å². The molecule has 0 aliphatic carbocycles. The molecule has 0 spiro atoms. The number of nitrogens with zero attached hydrogens (tertiary/aromatic N) is 5. The van der Waals surface area contributed by atoms with Crippen LogP contribution in [0.5, 0.6) is 5.75 Å². The van der Waals surface area contributed by atoms with Crippen LogP contribution in [0.2, 0.25) is 0 Å². The van der Waals surface area contributed by atoms with Crippen LogP contribution in [0.3, 0.4) is 0 Å². The van der Waals surface area contributed by atoms with Crippen LogP contribution >= 0.6 is 0 Å². The highest BCUT2D eigenvalue weighted by Gasteiger charge is 2.25. The predicted molar refractivity (Wildman–Crippen MR) is 155 cm³/mol. The second kappa shape index (κ2) is 11.0. The SMILES string of the molecule is COc1cccc(/C=C/C(=O)N2CCN(c3ncnc4c3c(-c3ccccc3)cn4-c3ccc(F)cc3)CC2)c1. The Morgan fingerprint density at radius 1 is 0.925 bits per heavy atom. The quantitative estimate of drug-likeness (QED) is 0.266. The monoisotopic (exact) mass is 533 g/mol. The summed E-state index contributed by atoms with van der Waals surface area (Å²) in [5.74, 6) is 1.26. The normalized spacial score (nSPS) is 13.8. The molecule has 1 saturated heterocycles. The largest absolute Gasteiger partial charge is 0.497 e. The lowest BCUT2D eigenvalue weighted by Gasteiger charge is -2.35. The van der Waals surface area contributed by atoms with Crippen LogP contribution in [0.1, 0.15) is 5.56 Å². The number of carbonyl (C=O) groups excluding carboxylic acids is 1. The van der Waals surface area contributed by atoms with Crippen molar-refractivity contribution in [1.82, 2.24) is 19.4 Å². The van der Waals surface area contributed by atoms with Gasteiger partial charge in [0.2, 0.25) is 5.91 Å². The number of hydrogen-bond donors (Lipinski definition) is 0. The van der Waals surface area contributed by atoms with Crippen molar-refractivity contribution in [2.45, 2.75) is 0 Å². The highest BCUT2D eigenvalue weighted by atomic mass is 19.1. The van der Waals surface area contributed by atoms with E-state index in [9.17, 15) is 9.18 Å². The minimum atomic E-state index is -0.287. The van der Waals surface area contributed by atoms with E-state index < -0.39 is 0 Å². The molecule has 0 radical (unpaired) electrons. The maximum absolute atomic E-state index is 13.7. The fourth-order valence-corrected chi connectivity index (χ4v) is 5.08. The minimum absolute atomic E-state index is 0.0252. The van der Waals surface area contributed by atoms with Gasteiger partial charge < -0.3 is 19.1 Å². The Kier molecular flexibility index (Phi) is 6.97. The van der Waals surface area contributed by atoms with Gasteiger partial charge in [0.25, 0.3) is 0 Å². The highest BCUT2D eigenvalue weighted by Crippen LogP contribution is 2.37. The van der Waals surface area contributed by atoms with Gasteiger partial charge in [0.05, 0.1) is 12.5 Å². The Hall–Kier alpha value is -4.98. The van der Waals surface area contributed by atoms with Crippen LogP contribution in [0.15, 0.2) is 97.5 Å². The van der Waals surface area contributed by atoms with E-state index in [4.69, 9.17) is 9.72 Å². The number of rotatable bonds is 6. The van der Waals surface area contributed by atoms with E-state index >= 15 is 0 Å². The van der Waals surface area contributed by atoms with Crippen LogP contribution in [0, 0.1) is 5.82 Å². The Morgan fingerprint density at radius 3 is 2.45 bits per heavy atom. The number of ether oxygens (including phenoxy) is 1. The molecule has 40 heavy (non-hydrogen) atoms. The van der Waals surface area contributed by atoms with E-state index in [1.807, 2.05) is 64.2 Å². The molecule has 1 amide bonds. The molecule has 3 heterocycles. The number of benzene rings is 3. The Labute approximate surface area is 231 Å². The zero-order chi connectivity index (χ0) is 27.5. The summed E-state index contributed by atoms with van der Waals surface area (Å²) in [6.45, 7) is 2.43. The van der Waals surface area contributed by atoms with E-state index in [1.54, 1.807) is 31.6 Å². The zero-order valence-corrected chi connectivity index (χ0v) is 22.1. The van der Waals surface area contributed by atoms with Crippen molar-refractivity contribution >= 4 is 28.8 Å². The lowest BCUT2D eigenvalue weighted by molar-refractivity contribution is -0.126. The van der Waals surface area contributed by atoms with Crippen molar-refractivity contribution in [2.75, 3.05) is 38.2 Å². The van der Waals surface area contributed by atoms with Crippen LogP contribution in [0.4, 0.5) is 10.2 Å². The first-order valence-corrected chi connectivity index (χ1v) is 13.1. The molecule has 2 aromatic heterocycles. The summed E-state index contributed by atoms with van der Waals surface area (Å²) in [7, 11) is 1.62. The zero-order valence-electron chi connectivity index (χ0n) is 22.1. The van der Waals surface area contributed by atoms with Gasteiger partial charge in [0.1, 0.15) is 23.7 Å². The third-order valence-corrected chi connectivity index (χ3v) is 7.16. The molecule has 7 nitrogen and oxygen atoms in total. The first kappa shape index (κ1) is 25.3. The predicted octanol–water partition coefficient (Wildman–Crippen LogP) is 5.60. The Morgan fingerprint density at radius 2 is 1.70 bits per heavy atom. The van der Waals surface area contributed by atoms with Crippen molar-refractivity contribution < 1.29 is 13.9 Å². The van der Waals surface area contributed by atoms with E-state index in [0.717, 1.165) is 45.0 Å². The lowest BCUT2D eigenvalue weighted by Crippen LogP contribution is -2.48. The molecule has 0 unspecified atom stereocenters. The van der Waals surface area contributed by atoms with E-state index in [0.29, 0.717) is 26.2 Å². The molecule has 0 N–H and O–H groups in total. The number of fused-ring (bicyclic) bond motifs is 1. The van der Waals surface area contributed by atoms with Gasteiger partial charge >= 0.3 is 0 Å².